The molecule has 0 aliphatic rings. The maximum atomic E-state index is 9.99. The molecule has 16 aromatic rings. The van der Waals surface area contributed by atoms with Gasteiger partial charge in [-0.05, 0) is 152 Å². The molecule has 6 nitrogen and oxygen atoms in total. The molecule has 0 radical (unpaired) electrons. The predicted molar refractivity (Wildman–Crippen MR) is 362 cm³/mol. The Bertz CT molecular complexity index is 5090. The maximum absolute atomic E-state index is 9.99. The number of rotatable bonds is 11. The van der Waals surface area contributed by atoms with Crippen LogP contribution in [0.2, 0.25) is 0 Å². The van der Waals surface area contributed by atoms with Crippen molar-refractivity contribution in [3.05, 3.63) is 321 Å². The second-order valence-corrected chi connectivity index (χ2v) is 22.3. The van der Waals surface area contributed by atoms with Crippen LogP contribution in [0, 0.1) is 11.3 Å². The number of fused-ring (bicyclic) bond motifs is 6. The van der Waals surface area contributed by atoms with Crippen LogP contribution in [0.1, 0.15) is 5.56 Å². The minimum atomic E-state index is 0.536. The highest BCUT2D eigenvalue weighted by Gasteiger charge is 2.25. The summed E-state index contributed by atoms with van der Waals surface area (Å²) < 4.78 is 4.86. The van der Waals surface area contributed by atoms with Crippen LogP contribution in [0.4, 0.5) is 0 Å². The highest BCUT2D eigenvalue weighted by molar-refractivity contribution is 6.14. The standard InChI is InChI=1S/C82H52N6/c83-53-54-31-33-59(34-32-54)66-39-44-77(88-78-45-37-64(57-23-11-3-12-24-57)50-73(78)74-51-65(38-46-79(74)88)58-25-13-4-14-26-58)70(47-66)69-52-67(40-41-68(69)82-85-80(60-27-15-5-16-28-60)84-81(86-82)61-29-17-6-18-30-61)87-75-42-35-62(55-19-7-1-8-20-55)48-71(75)72-49-63(36-43-76(72)87)56-21-9-2-10-22-56/h1-52H. The van der Waals surface area contributed by atoms with Crippen LogP contribution in [0.25, 0.3) is 156 Å². The number of nitrogens with zero attached hydrogens (tertiary/aromatic N) is 6. The maximum Gasteiger partial charge on any atom is 0.164 e. The van der Waals surface area contributed by atoms with E-state index in [1.54, 1.807) is 0 Å². The summed E-state index contributed by atoms with van der Waals surface area (Å²) in [5.41, 5.74) is 22.5. The molecule has 0 amide bonds. The van der Waals surface area contributed by atoms with Crippen LogP contribution < -0.4 is 0 Å². The van der Waals surface area contributed by atoms with Crippen molar-refractivity contribution in [2.45, 2.75) is 0 Å². The van der Waals surface area contributed by atoms with Crippen molar-refractivity contribution in [2.24, 2.45) is 0 Å². The van der Waals surface area contributed by atoms with Gasteiger partial charge in [0.2, 0.25) is 0 Å². The summed E-state index contributed by atoms with van der Waals surface area (Å²) >= 11 is 0. The molecule has 3 heterocycles. The molecular formula is C82H52N6. The lowest BCUT2D eigenvalue weighted by molar-refractivity contribution is 1.07. The third-order valence-corrected chi connectivity index (χ3v) is 17.0. The van der Waals surface area contributed by atoms with E-state index < -0.39 is 0 Å². The van der Waals surface area contributed by atoms with Gasteiger partial charge in [-0.1, -0.05) is 224 Å². The quantitative estimate of drug-likeness (QED) is 0.129. The van der Waals surface area contributed by atoms with Gasteiger partial charge in [0.05, 0.1) is 39.4 Å². The molecule has 0 aliphatic carbocycles. The highest BCUT2D eigenvalue weighted by Crippen LogP contribution is 2.46. The van der Waals surface area contributed by atoms with Gasteiger partial charge in [-0.15, -0.1) is 0 Å². The fraction of sp³-hybridized carbons (Fsp3) is 0. The lowest BCUT2D eigenvalue weighted by Gasteiger charge is -2.20. The number of aromatic nitrogens is 5. The van der Waals surface area contributed by atoms with Gasteiger partial charge < -0.3 is 9.13 Å². The van der Waals surface area contributed by atoms with Crippen molar-refractivity contribution >= 4 is 43.6 Å². The van der Waals surface area contributed by atoms with Gasteiger partial charge >= 0.3 is 0 Å². The van der Waals surface area contributed by atoms with E-state index in [2.05, 4.69) is 270 Å². The Hall–Kier alpha value is -12.0. The molecular weight excluding hydrogens is 1070 g/mol. The fourth-order valence-electron chi connectivity index (χ4n) is 12.7. The first-order valence-corrected chi connectivity index (χ1v) is 29.6. The first-order valence-electron chi connectivity index (χ1n) is 29.6. The molecule has 0 unspecified atom stereocenters. The molecule has 0 aliphatic heterocycles. The summed E-state index contributed by atoms with van der Waals surface area (Å²) in [6.45, 7) is 0. The smallest absolute Gasteiger partial charge is 0.164 e. The zero-order valence-corrected chi connectivity index (χ0v) is 47.7. The van der Waals surface area contributed by atoms with E-state index in [0.29, 0.717) is 23.0 Å². The van der Waals surface area contributed by atoms with Crippen molar-refractivity contribution in [2.75, 3.05) is 0 Å². The van der Waals surface area contributed by atoms with Gasteiger partial charge in [-0.3, -0.25) is 0 Å². The Kier molecular flexibility index (Phi) is 12.8. The van der Waals surface area contributed by atoms with Crippen molar-refractivity contribution in [1.82, 2.24) is 24.1 Å². The summed E-state index contributed by atoms with van der Waals surface area (Å²) in [6, 6.07) is 114. The van der Waals surface area contributed by atoms with Gasteiger partial charge in [-0.2, -0.15) is 5.26 Å². The molecule has 0 saturated carbocycles. The molecule has 16 rings (SSSR count). The van der Waals surface area contributed by atoms with Crippen molar-refractivity contribution in [1.29, 1.82) is 5.26 Å². The van der Waals surface area contributed by atoms with Crippen LogP contribution in [0.5, 0.6) is 0 Å². The van der Waals surface area contributed by atoms with E-state index in [1.165, 1.54) is 0 Å². The minimum absolute atomic E-state index is 0.536. The van der Waals surface area contributed by atoms with Crippen molar-refractivity contribution in [3.8, 4) is 118 Å². The lowest BCUT2D eigenvalue weighted by Crippen LogP contribution is -2.04. The van der Waals surface area contributed by atoms with Crippen LogP contribution >= 0.6 is 0 Å². The summed E-state index contributed by atoms with van der Waals surface area (Å²) in [5, 5.41) is 14.6. The molecule has 88 heavy (non-hydrogen) atoms. The number of hydrogen-bond donors (Lipinski definition) is 0. The van der Waals surface area contributed by atoms with Gasteiger partial charge in [0.15, 0.2) is 17.5 Å². The minimum Gasteiger partial charge on any atom is -0.309 e. The van der Waals surface area contributed by atoms with Gasteiger partial charge in [0.25, 0.3) is 0 Å². The van der Waals surface area contributed by atoms with Gasteiger partial charge in [-0.25, -0.2) is 15.0 Å². The number of hydrogen-bond acceptors (Lipinski definition) is 4. The average molecular weight is 1120 g/mol. The van der Waals surface area contributed by atoms with Crippen molar-refractivity contribution < 1.29 is 0 Å². The van der Waals surface area contributed by atoms with Gasteiger partial charge in [0, 0.05) is 49.5 Å². The van der Waals surface area contributed by atoms with E-state index in [4.69, 9.17) is 15.0 Å². The molecule has 6 heteroatoms. The topological polar surface area (TPSA) is 72.3 Å². The Morgan fingerprint density at radius 1 is 0.239 bits per heavy atom. The molecule has 0 atom stereocenters. The molecule has 0 bridgehead atoms. The van der Waals surface area contributed by atoms with Crippen LogP contribution in [0.15, 0.2) is 315 Å². The zero-order chi connectivity index (χ0) is 58.5. The SMILES string of the molecule is N#Cc1ccc(-c2ccc(-n3c4ccc(-c5ccccc5)cc4c4cc(-c5ccccc5)ccc43)c(-c3cc(-n4c5ccc(-c6ccccc6)cc5c5cc(-c6ccccc6)ccc54)ccc3-c3nc(-c4ccccc4)nc(-c4ccccc4)n3)c2)cc1. The largest absolute Gasteiger partial charge is 0.309 e. The Balaban J connectivity index is 1.01. The monoisotopic (exact) mass is 1120 g/mol. The highest BCUT2D eigenvalue weighted by atomic mass is 15.0. The molecule has 3 aromatic heterocycles. The predicted octanol–water partition coefficient (Wildman–Crippen LogP) is 20.9. The molecule has 0 saturated heterocycles. The van der Waals surface area contributed by atoms with Crippen LogP contribution in [-0.4, -0.2) is 24.1 Å². The fourth-order valence-corrected chi connectivity index (χ4v) is 12.7. The van der Waals surface area contributed by atoms with E-state index in [0.717, 1.165) is 138 Å². The summed E-state index contributed by atoms with van der Waals surface area (Å²) in [7, 11) is 0. The first kappa shape index (κ1) is 51.6. The zero-order valence-electron chi connectivity index (χ0n) is 47.7. The summed E-state index contributed by atoms with van der Waals surface area (Å²) in [5.74, 6) is 1.68. The second kappa shape index (κ2) is 21.9. The second-order valence-electron chi connectivity index (χ2n) is 22.3. The normalized spacial score (nSPS) is 11.4. The molecule has 0 fully saturated rings. The Morgan fingerprint density at radius 3 is 0.966 bits per heavy atom. The third-order valence-electron chi connectivity index (χ3n) is 17.0. The third kappa shape index (κ3) is 9.28. The summed E-state index contributed by atoms with van der Waals surface area (Å²) in [4.78, 5) is 16.1. The lowest BCUT2D eigenvalue weighted by atomic mass is 9.92. The van der Waals surface area contributed by atoms with Gasteiger partial charge in [0.1, 0.15) is 0 Å². The van der Waals surface area contributed by atoms with E-state index in [1.807, 2.05) is 60.7 Å². The average Bonchev–Trinajstić information content (AvgIpc) is 2.19. The Labute approximate surface area is 509 Å². The first-order chi connectivity index (χ1) is 43.6. The Morgan fingerprint density at radius 2 is 0.568 bits per heavy atom. The van der Waals surface area contributed by atoms with Crippen LogP contribution in [0.3, 0.4) is 0 Å². The molecule has 13 aromatic carbocycles. The van der Waals surface area contributed by atoms with Crippen molar-refractivity contribution in [3.63, 3.8) is 0 Å². The molecule has 0 N–H and O–H groups in total. The van der Waals surface area contributed by atoms with Crippen LogP contribution in [-0.2, 0) is 0 Å². The van der Waals surface area contributed by atoms with E-state index in [9.17, 15) is 5.26 Å². The molecule has 410 valence electrons. The molecule has 0 spiro atoms. The number of nitriles is 1. The summed E-state index contributed by atoms with van der Waals surface area (Å²) in [6.07, 6.45) is 0. The number of benzene rings is 13. The van der Waals surface area contributed by atoms with E-state index in [-0.39, 0.29) is 0 Å². The van der Waals surface area contributed by atoms with E-state index >= 15 is 0 Å².